The Morgan fingerprint density at radius 3 is 2.65 bits per heavy atom. The van der Waals surface area contributed by atoms with Crippen molar-refractivity contribution >= 4 is 51.0 Å². The quantitative estimate of drug-likeness (QED) is 0.268. The molecule has 6 rings (SSSR count). The van der Waals surface area contributed by atoms with Gasteiger partial charge in [-0.2, -0.15) is 0 Å². The number of aromatic nitrogens is 3. The number of amides is 1. The van der Waals surface area contributed by atoms with E-state index in [4.69, 9.17) is 0 Å². The Morgan fingerprint density at radius 1 is 1.00 bits per heavy atom. The largest absolute Gasteiger partial charge is 0.507 e. The molecule has 2 heterocycles. The predicted molar refractivity (Wildman–Crippen MR) is 153 cm³/mol. The van der Waals surface area contributed by atoms with E-state index in [9.17, 15) is 9.90 Å². The Labute approximate surface area is 231 Å². The van der Waals surface area contributed by atoms with E-state index in [0.29, 0.717) is 16.5 Å². The lowest BCUT2D eigenvalue weighted by atomic mass is 10.0. The molecule has 0 saturated heterocycles. The first-order valence-electron chi connectivity index (χ1n) is 11.7. The van der Waals surface area contributed by atoms with Crippen LogP contribution >= 0.6 is 39.5 Å². The number of nitrogens with zero attached hydrogens (tertiary/aromatic N) is 4. The zero-order valence-electron chi connectivity index (χ0n) is 19.4. The average molecular weight is 590 g/mol. The number of carbonyl (C=O) groups is 1. The summed E-state index contributed by atoms with van der Waals surface area (Å²) in [6.07, 6.45) is 8.30. The number of aromatic hydroxyl groups is 1. The maximum Gasteiger partial charge on any atom is 0.238 e. The third kappa shape index (κ3) is 4.63. The first-order valence-corrected chi connectivity index (χ1v) is 14.3. The van der Waals surface area contributed by atoms with Gasteiger partial charge in [0.05, 0.1) is 28.3 Å². The van der Waals surface area contributed by atoms with E-state index in [-0.39, 0.29) is 28.7 Å². The highest BCUT2D eigenvalue weighted by Crippen LogP contribution is 2.44. The van der Waals surface area contributed by atoms with Gasteiger partial charge in [-0.05, 0) is 42.5 Å². The van der Waals surface area contributed by atoms with Crippen LogP contribution < -0.4 is 4.90 Å². The number of para-hydroxylation sites is 2. The van der Waals surface area contributed by atoms with Gasteiger partial charge in [0.15, 0.2) is 11.0 Å². The Morgan fingerprint density at radius 2 is 1.78 bits per heavy atom. The molecule has 4 aromatic rings. The maximum atomic E-state index is 13.7. The van der Waals surface area contributed by atoms with Crippen LogP contribution in [0.3, 0.4) is 0 Å². The molecule has 2 atom stereocenters. The number of fused-ring (bicyclic) bond motifs is 2. The van der Waals surface area contributed by atoms with E-state index in [1.54, 1.807) is 23.9 Å². The molecule has 37 heavy (non-hydrogen) atoms. The van der Waals surface area contributed by atoms with Gasteiger partial charge < -0.3 is 10.0 Å². The lowest BCUT2D eigenvalue weighted by molar-refractivity contribution is -0.116. The van der Waals surface area contributed by atoms with Gasteiger partial charge in [0.2, 0.25) is 5.91 Å². The van der Waals surface area contributed by atoms with E-state index < -0.39 is 0 Å². The van der Waals surface area contributed by atoms with Gasteiger partial charge in [-0.1, -0.05) is 82.3 Å². The Kier molecular flexibility index (Phi) is 6.67. The summed E-state index contributed by atoms with van der Waals surface area (Å²) in [5.41, 5.74) is 2.33. The number of carbonyl (C=O) groups excluding carboxylic acids is 1. The van der Waals surface area contributed by atoms with E-state index in [1.165, 1.54) is 11.8 Å². The average Bonchev–Trinajstić information content (AvgIpc) is 3.36. The molecule has 1 aliphatic carbocycles. The second kappa shape index (κ2) is 10.2. The van der Waals surface area contributed by atoms with Gasteiger partial charge in [0.25, 0.3) is 0 Å². The van der Waals surface area contributed by atoms with Crippen LogP contribution in [0.15, 0.2) is 112 Å². The fourth-order valence-corrected chi connectivity index (χ4v) is 6.94. The lowest BCUT2D eigenvalue weighted by Gasteiger charge is -2.40. The first kappa shape index (κ1) is 24.1. The number of allylic oxidation sites excluding steroid dienone is 2. The van der Waals surface area contributed by atoms with E-state index in [0.717, 1.165) is 20.7 Å². The smallest absolute Gasteiger partial charge is 0.238 e. The van der Waals surface area contributed by atoms with Crippen LogP contribution in [0.25, 0.3) is 17.1 Å². The topological polar surface area (TPSA) is 71.2 Å². The van der Waals surface area contributed by atoms with Gasteiger partial charge in [0.1, 0.15) is 5.75 Å². The van der Waals surface area contributed by atoms with E-state index in [2.05, 4.69) is 44.3 Å². The van der Waals surface area contributed by atoms with Crippen LogP contribution in [0.2, 0.25) is 0 Å². The van der Waals surface area contributed by atoms with Gasteiger partial charge in [-0.25, -0.2) is 0 Å². The van der Waals surface area contributed by atoms with Crippen LogP contribution in [-0.2, 0) is 4.79 Å². The number of anilines is 1. The number of benzene rings is 3. The standard InChI is InChI=1S/C28H21BrN4O2S2/c29-18-14-15-23(34)20(16-18)27-30-31-28(32(27)19-8-2-1-3-9-19)36-17-26(35)33-21-10-4-6-12-24(21)37-25-13-7-5-11-22(25)33/h1-16,21,24,34H,17H2/t21-,24+/m0/s1. The van der Waals surface area contributed by atoms with Crippen molar-refractivity contribution in [2.24, 2.45) is 0 Å². The monoisotopic (exact) mass is 588 g/mol. The van der Waals surface area contributed by atoms with Crippen LogP contribution in [0.1, 0.15) is 0 Å². The van der Waals surface area contributed by atoms with Crippen LogP contribution in [0.5, 0.6) is 5.75 Å². The molecule has 3 aromatic carbocycles. The summed E-state index contributed by atoms with van der Waals surface area (Å²) in [5, 5.41) is 20.2. The Balaban J connectivity index is 1.34. The van der Waals surface area contributed by atoms with Crippen LogP contribution in [0, 0.1) is 0 Å². The molecule has 0 unspecified atom stereocenters. The van der Waals surface area contributed by atoms with Crippen LogP contribution in [-0.4, -0.2) is 42.8 Å². The molecule has 0 spiro atoms. The summed E-state index contributed by atoms with van der Waals surface area (Å²) in [5.74, 6) is 0.795. The van der Waals surface area contributed by atoms with Crippen LogP contribution in [0.4, 0.5) is 5.69 Å². The molecule has 1 aromatic heterocycles. The van der Waals surface area contributed by atoms with E-state index >= 15 is 0 Å². The molecule has 0 saturated carbocycles. The molecule has 6 nitrogen and oxygen atoms in total. The number of halogens is 1. The molecule has 2 aliphatic rings. The van der Waals surface area contributed by atoms with Crippen molar-refractivity contribution in [2.45, 2.75) is 21.3 Å². The number of hydrogen-bond acceptors (Lipinski definition) is 6. The number of hydrogen-bond donors (Lipinski definition) is 1. The molecule has 1 N–H and O–H groups in total. The normalized spacial score (nSPS) is 17.9. The van der Waals surface area contributed by atoms with Crippen molar-refractivity contribution in [1.82, 2.24) is 14.8 Å². The second-order valence-corrected chi connectivity index (χ2v) is 11.6. The van der Waals surface area contributed by atoms with Gasteiger partial charge >= 0.3 is 0 Å². The summed E-state index contributed by atoms with van der Waals surface area (Å²) in [6, 6.07) is 22.9. The maximum absolute atomic E-state index is 13.7. The van der Waals surface area contributed by atoms with Gasteiger partial charge in [-0.3, -0.25) is 9.36 Å². The SMILES string of the molecule is O=C(CSc1nnc(-c2cc(Br)ccc2O)n1-c1ccccc1)N1c2ccccc2S[C@@H]2C=CC=C[C@@H]21. The molecule has 184 valence electrons. The molecule has 9 heteroatoms. The number of rotatable bonds is 5. The van der Waals surface area contributed by atoms with Crippen molar-refractivity contribution in [2.75, 3.05) is 10.7 Å². The predicted octanol–water partition coefficient (Wildman–Crippen LogP) is 6.50. The van der Waals surface area contributed by atoms with Crippen molar-refractivity contribution in [3.8, 4) is 22.8 Å². The highest BCUT2D eigenvalue weighted by atomic mass is 79.9. The van der Waals surface area contributed by atoms with Crippen molar-refractivity contribution in [3.05, 3.63) is 102 Å². The highest BCUT2D eigenvalue weighted by Gasteiger charge is 2.36. The van der Waals surface area contributed by atoms with Crippen molar-refractivity contribution < 1.29 is 9.90 Å². The Bertz CT molecular complexity index is 1540. The Hall–Kier alpha value is -3.27. The fourth-order valence-electron chi connectivity index (χ4n) is 4.51. The van der Waals surface area contributed by atoms with Crippen molar-refractivity contribution in [1.29, 1.82) is 0 Å². The molecule has 1 amide bonds. The number of phenolic OH excluding ortho intramolecular Hbond substituents is 1. The van der Waals surface area contributed by atoms with Gasteiger partial charge in [0, 0.05) is 15.1 Å². The minimum atomic E-state index is -0.0424. The summed E-state index contributed by atoms with van der Waals surface area (Å²) < 4.78 is 2.70. The molecular formula is C28H21BrN4O2S2. The summed E-state index contributed by atoms with van der Waals surface area (Å²) in [6.45, 7) is 0. The molecule has 0 bridgehead atoms. The molecular weight excluding hydrogens is 568 g/mol. The van der Waals surface area contributed by atoms with Crippen molar-refractivity contribution in [3.63, 3.8) is 0 Å². The summed E-state index contributed by atoms with van der Waals surface area (Å²) in [7, 11) is 0. The third-order valence-corrected chi connectivity index (χ3v) is 8.90. The number of thioether (sulfide) groups is 2. The number of phenols is 1. The summed E-state index contributed by atoms with van der Waals surface area (Å²) in [4.78, 5) is 16.8. The zero-order chi connectivity index (χ0) is 25.4. The third-order valence-electron chi connectivity index (χ3n) is 6.18. The molecule has 0 radical (unpaired) electrons. The second-order valence-electron chi connectivity index (χ2n) is 8.50. The van der Waals surface area contributed by atoms with E-state index in [1.807, 2.05) is 76.2 Å². The minimum Gasteiger partial charge on any atom is -0.507 e. The molecule has 1 aliphatic heterocycles. The lowest BCUT2D eigenvalue weighted by Crippen LogP contribution is -2.48. The summed E-state index contributed by atoms with van der Waals surface area (Å²) >= 11 is 6.61. The zero-order valence-corrected chi connectivity index (χ0v) is 22.7. The first-order chi connectivity index (χ1) is 18.1. The minimum absolute atomic E-state index is 0.00200. The molecule has 0 fully saturated rings. The fraction of sp³-hybridized carbons (Fsp3) is 0.107. The van der Waals surface area contributed by atoms with Gasteiger partial charge in [-0.15, -0.1) is 22.0 Å². The highest BCUT2D eigenvalue weighted by molar-refractivity contribution is 9.10.